The summed E-state index contributed by atoms with van der Waals surface area (Å²) in [7, 11) is -7.81. The Labute approximate surface area is 230 Å². The first kappa shape index (κ1) is 31.5. The summed E-state index contributed by atoms with van der Waals surface area (Å²) in [6.07, 6.45) is -6.36. The zero-order valence-corrected chi connectivity index (χ0v) is 24.6. The molecule has 9 heteroatoms. The lowest BCUT2D eigenvalue weighted by Crippen LogP contribution is -2.74. The fourth-order valence-corrected chi connectivity index (χ4v) is 13.8. The zero-order valence-electron chi connectivity index (χ0n) is 22.9. The van der Waals surface area contributed by atoms with Crippen molar-refractivity contribution in [3.8, 4) is 0 Å². The molecule has 0 saturated carbocycles. The van der Waals surface area contributed by atoms with E-state index in [1.165, 1.54) is 20.8 Å². The van der Waals surface area contributed by atoms with Crippen LogP contribution in [-0.2, 0) is 13.6 Å². The standard InChI is InChI=1S/C30H37F3O4P2/c1-5-23-28(4,29(34,30(31,32)33)24-38(35,36-6-2)37-7-3)39(25-17-11-8-12-18-25,26-19-13-9-14-20-26)27-21-15-10-16-22-27/h8-22H,5-7,23-24H2,1-4H3. The highest BCUT2D eigenvalue weighted by atomic mass is 31.2. The summed E-state index contributed by atoms with van der Waals surface area (Å²) in [6, 6.07) is 27.0. The Hall–Kier alpha value is -2.01. The Balaban J connectivity index is 2.56. The third-order valence-corrected chi connectivity index (χ3v) is 14.7. The summed E-state index contributed by atoms with van der Waals surface area (Å²) >= 11 is 0. The maximum absolute atomic E-state index is 15.5. The molecule has 4 nitrogen and oxygen atoms in total. The van der Waals surface area contributed by atoms with Crippen LogP contribution in [0, 0.1) is 0 Å². The summed E-state index contributed by atoms with van der Waals surface area (Å²) < 4.78 is 70.8. The molecule has 0 saturated heterocycles. The SMILES string of the molecule is CCCC(C)(C([O-])(CP(=O)(OCC)OCC)C(F)(F)F)[P+](c1ccccc1)(c1ccccc1)c1ccccc1. The lowest BCUT2D eigenvalue weighted by molar-refractivity contribution is -0.540. The summed E-state index contributed by atoms with van der Waals surface area (Å²) in [5, 5.41) is 15.0. The van der Waals surface area contributed by atoms with Gasteiger partial charge in [0, 0.05) is 5.60 Å². The highest BCUT2D eigenvalue weighted by Crippen LogP contribution is 2.73. The normalized spacial score (nSPS) is 15.9. The van der Waals surface area contributed by atoms with Gasteiger partial charge in [0.05, 0.1) is 24.5 Å². The van der Waals surface area contributed by atoms with Crippen molar-refractivity contribution in [3.05, 3.63) is 91.0 Å². The van der Waals surface area contributed by atoms with E-state index in [-0.39, 0.29) is 19.6 Å². The van der Waals surface area contributed by atoms with Crippen molar-refractivity contribution in [2.75, 3.05) is 19.4 Å². The van der Waals surface area contributed by atoms with Gasteiger partial charge in [-0.25, -0.2) is 0 Å². The first-order valence-corrected chi connectivity index (χ1v) is 16.7. The topological polar surface area (TPSA) is 58.6 Å². The van der Waals surface area contributed by atoms with Gasteiger partial charge in [-0.3, -0.25) is 4.57 Å². The minimum atomic E-state index is -5.27. The van der Waals surface area contributed by atoms with Crippen LogP contribution >= 0.6 is 14.9 Å². The summed E-state index contributed by atoms with van der Waals surface area (Å²) in [5.41, 5.74) is -3.69. The number of rotatable bonds is 13. The highest BCUT2D eigenvalue weighted by molar-refractivity contribution is 7.97. The third kappa shape index (κ3) is 5.76. The molecule has 0 aliphatic carbocycles. The van der Waals surface area contributed by atoms with E-state index in [2.05, 4.69) is 0 Å². The van der Waals surface area contributed by atoms with Gasteiger partial charge >= 0.3 is 13.8 Å². The minimum Gasteiger partial charge on any atom is -0.839 e. The van der Waals surface area contributed by atoms with Crippen LogP contribution in [0.15, 0.2) is 91.0 Å². The van der Waals surface area contributed by atoms with Gasteiger partial charge in [0.25, 0.3) is 0 Å². The van der Waals surface area contributed by atoms with Crippen LogP contribution in [0.25, 0.3) is 0 Å². The van der Waals surface area contributed by atoms with Crippen molar-refractivity contribution in [1.29, 1.82) is 0 Å². The van der Waals surface area contributed by atoms with Crippen LogP contribution in [0.3, 0.4) is 0 Å². The summed E-state index contributed by atoms with van der Waals surface area (Å²) in [4.78, 5) is 0. The predicted molar refractivity (Wildman–Crippen MR) is 153 cm³/mol. The molecule has 0 heterocycles. The van der Waals surface area contributed by atoms with Crippen LogP contribution in [0.1, 0.15) is 40.5 Å². The number of hydrogen-bond donors (Lipinski definition) is 0. The van der Waals surface area contributed by atoms with Gasteiger partial charge in [-0.05, 0) is 63.6 Å². The lowest BCUT2D eigenvalue weighted by atomic mass is 9.85. The van der Waals surface area contributed by atoms with Crippen LogP contribution in [0.2, 0.25) is 0 Å². The van der Waals surface area contributed by atoms with Gasteiger partial charge in [0.1, 0.15) is 23.2 Å². The quantitative estimate of drug-likeness (QED) is 0.218. The van der Waals surface area contributed by atoms with E-state index in [4.69, 9.17) is 9.05 Å². The van der Waals surface area contributed by atoms with Gasteiger partial charge in [0.2, 0.25) is 0 Å². The van der Waals surface area contributed by atoms with Crippen LogP contribution in [0.5, 0.6) is 0 Å². The van der Waals surface area contributed by atoms with Gasteiger partial charge in [-0.1, -0.05) is 67.9 Å². The smallest absolute Gasteiger partial charge is 0.384 e. The molecule has 2 unspecified atom stereocenters. The van der Waals surface area contributed by atoms with E-state index < -0.39 is 38.0 Å². The number of alkyl halides is 3. The molecule has 0 fully saturated rings. The Kier molecular flexibility index (Phi) is 10.2. The van der Waals surface area contributed by atoms with Crippen molar-refractivity contribution in [2.24, 2.45) is 0 Å². The van der Waals surface area contributed by atoms with Crippen LogP contribution in [0.4, 0.5) is 13.2 Å². The second kappa shape index (κ2) is 12.7. The fraction of sp³-hybridized carbons (Fsp3) is 0.400. The van der Waals surface area contributed by atoms with Crippen molar-refractivity contribution in [1.82, 2.24) is 0 Å². The van der Waals surface area contributed by atoms with Gasteiger partial charge in [-0.2, -0.15) is 13.2 Å². The third-order valence-electron chi connectivity index (χ3n) is 7.30. The molecule has 0 N–H and O–H groups in total. The Morgan fingerprint density at radius 1 is 0.744 bits per heavy atom. The zero-order chi connectivity index (χ0) is 28.8. The first-order chi connectivity index (χ1) is 18.5. The van der Waals surface area contributed by atoms with Gasteiger partial charge < -0.3 is 14.2 Å². The molecular formula is C30H37F3O4P2. The molecule has 2 atom stereocenters. The predicted octanol–water partition coefficient (Wildman–Crippen LogP) is 6.47. The monoisotopic (exact) mass is 580 g/mol. The molecule has 3 rings (SSSR count). The Bertz CT molecular complexity index is 1120. The second-order valence-corrected chi connectivity index (χ2v) is 15.6. The molecule has 0 radical (unpaired) electrons. The molecule has 3 aromatic carbocycles. The molecule has 3 aromatic rings. The summed E-state index contributed by atoms with van der Waals surface area (Å²) in [5.74, 6) is 0. The van der Waals surface area contributed by atoms with Crippen molar-refractivity contribution in [3.63, 3.8) is 0 Å². The second-order valence-electron chi connectivity index (χ2n) is 9.63. The van der Waals surface area contributed by atoms with E-state index in [1.54, 1.807) is 61.5 Å². The van der Waals surface area contributed by atoms with Gasteiger partial charge in [-0.15, -0.1) is 0 Å². The van der Waals surface area contributed by atoms with E-state index in [1.807, 2.05) is 36.4 Å². The van der Waals surface area contributed by atoms with Gasteiger partial charge in [0.15, 0.2) is 0 Å². The number of halogens is 3. The molecule has 0 aliphatic heterocycles. The number of hydrogen-bond acceptors (Lipinski definition) is 4. The van der Waals surface area contributed by atoms with Crippen molar-refractivity contribution < 1.29 is 31.9 Å². The minimum absolute atomic E-state index is 0.0687. The average Bonchev–Trinajstić information content (AvgIpc) is 2.90. The Morgan fingerprint density at radius 3 is 1.38 bits per heavy atom. The maximum Gasteiger partial charge on any atom is 0.384 e. The van der Waals surface area contributed by atoms with E-state index in [0.717, 1.165) is 0 Å². The molecule has 0 amide bonds. The maximum atomic E-state index is 15.5. The average molecular weight is 581 g/mol. The molecular weight excluding hydrogens is 543 g/mol. The molecule has 39 heavy (non-hydrogen) atoms. The summed E-state index contributed by atoms with van der Waals surface area (Å²) in [6.45, 7) is 5.96. The lowest BCUT2D eigenvalue weighted by Gasteiger charge is -2.58. The van der Waals surface area contributed by atoms with E-state index in [0.29, 0.717) is 22.3 Å². The fourth-order valence-electron chi connectivity index (χ4n) is 5.74. The van der Waals surface area contributed by atoms with Crippen molar-refractivity contribution in [2.45, 2.75) is 57.5 Å². The molecule has 212 valence electrons. The first-order valence-electron chi connectivity index (χ1n) is 13.2. The molecule has 0 bridgehead atoms. The number of benzene rings is 3. The Morgan fingerprint density at radius 2 is 1.10 bits per heavy atom. The van der Waals surface area contributed by atoms with Crippen LogP contribution < -0.4 is 21.0 Å². The van der Waals surface area contributed by atoms with E-state index in [9.17, 15) is 4.57 Å². The molecule has 0 spiro atoms. The van der Waals surface area contributed by atoms with Crippen LogP contribution in [-0.4, -0.2) is 36.3 Å². The largest absolute Gasteiger partial charge is 0.839 e. The molecule has 0 aliphatic rings. The van der Waals surface area contributed by atoms with Crippen molar-refractivity contribution >= 4 is 30.8 Å². The van der Waals surface area contributed by atoms with E-state index >= 15 is 18.3 Å². The molecule has 0 aromatic heterocycles. The highest BCUT2D eigenvalue weighted by Gasteiger charge is 2.72.